The summed E-state index contributed by atoms with van der Waals surface area (Å²) in [6.07, 6.45) is 0. The second-order valence-corrected chi connectivity index (χ2v) is 6.07. The number of fused-ring (bicyclic) bond motifs is 1. The molecule has 0 saturated carbocycles. The molecule has 2 aromatic carbocycles. The number of halogens is 1. The van der Waals surface area contributed by atoms with Crippen molar-refractivity contribution >= 4 is 10.9 Å². The number of hydrogen-bond acceptors (Lipinski definition) is 4. The number of para-hydroxylation sites is 1. The number of ether oxygens (including phenoxy) is 1. The van der Waals surface area contributed by atoms with Crippen LogP contribution in [-0.4, -0.2) is 21.9 Å². The van der Waals surface area contributed by atoms with Crippen molar-refractivity contribution in [2.75, 3.05) is 7.11 Å². The molecular formula is C20H18FN3O2. The fraction of sp³-hybridized carbons (Fsp3) is 0.200. The molecule has 0 aliphatic rings. The molecule has 5 nitrogen and oxygen atoms in total. The number of rotatable bonds is 5. The van der Waals surface area contributed by atoms with Crippen molar-refractivity contribution in [3.63, 3.8) is 0 Å². The van der Waals surface area contributed by atoms with E-state index in [0.717, 1.165) is 16.6 Å². The summed E-state index contributed by atoms with van der Waals surface area (Å²) in [4.78, 5) is 4.52. The topological polar surface area (TPSA) is 53.1 Å². The first-order valence-corrected chi connectivity index (χ1v) is 8.32. The largest absolute Gasteiger partial charge is 0.440 e. The number of methoxy groups -OCH3 is 1. The third-order valence-corrected chi connectivity index (χ3v) is 4.31. The summed E-state index contributed by atoms with van der Waals surface area (Å²) in [5.41, 5.74) is 2.86. The van der Waals surface area contributed by atoms with Gasteiger partial charge in [0.2, 0.25) is 5.89 Å². The predicted octanol–water partition coefficient (Wildman–Crippen LogP) is 4.33. The molecule has 0 unspecified atom stereocenters. The van der Waals surface area contributed by atoms with Crippen LogP contribution in [-0.2, 0) is 17.9 Å². The molecule has 132 valence electrons. The maximum absolute atomic E-state index is 14.1. The van der Waals surface area contributed by atoms with Crippen molar-refractivity contribution in [3.05, 3.63) is 71.4 Å². The quantitative estimate of drug-likeness (QED) is 0.537. The number of aromatic nitrogens is 3. The van der Waals surface area contributed by atoms with Gasteiger partial charge in [-0.1, -0.05) is 36.4 Å². The van der Waals surface area contributed by atoms with Crippen LogP contribution < -0.4 is 0 Å². The summed E-state index contributed by atoms with van der Waals surface area (Å²) in [6.45, 7) is 2.56. The van der Waals surface area contributed by atoms with Crippen molar-refractivity contribution in [1.82, 2.24) is 14.8 Å². The van der Waals surface area contributed by atoms with E-state index in [1.54, 1.807) is 23.9 Å². The lowest BCUT2D eigenvalue weighted by molar-refractivity contribution is 0.180. The van der Waals surface area contributed by atoms with E-state index in [1.807, 2.05) is 37.3 Å². The van der Waals surface area contributed by atoms with Gasteiger partial charge in [-0.15, -0.1) is 0 Å². The van der Waals surface area contributed by atoms with Crippen LogP contribution in [0.3, 0.4) is 0 Å². The van der Waals surface area contributed by atoms with Crippen LogP contribution in [0, 0.1) is 12.7 Å². The maximum Gasteiger partial charge on any atom is 0.248 e. The van der Waals surface area contributed by atoms with Crippen molar-refractivity contribution in [1.29, 1.82) is 0 Å². The average Bonchev–Trinajstić information content (AvgIpc) is 3.19. The highest BCUT2D eigenvalue weighted by Crippen LogP contribution is 2.29. The molecule has 0 fully saturated rings. The minimum atomic E-state index is -0.247. The van der Waals surface area contributed by atoms with Gasteiger partial charge in [0.1, 0.15) is 17.3 Å². The van der Waals surface area contributed by atoms with E-state index in [1.165, 1.54) is 6.07 Å². The number of oxazole rings is 1. The van der Waals surface area contributed by atoms with E-state index in [2.05, 4.69) is 10.1 Å². The van der Waals surface area contributed by atoms with E-state index in [9.17, 15) is 4.39 Å². The smallest absolute Gasteiger partial charge is 0.248 e. The number of hydrogen-bond donors (Lipinski definition) is 0. The van der Waals surface area contributed by atoms with Crippen LogP contribution in [0.5, 0.6) is 0 Å². The predicted molar refractivity (Wildman–Crippen MR) is 96.2 cm³/mol. The van der Waals surface area contributed by atoms with Gasteiger partial charge >= 0.3 is 0 Å². The molecule has 2 aromatic heterocycles. The van der Waals surface area contributed by atoms with Gasteiger partial charge in [-0.25, -0.2) is 9.37 Å². The van der Waals surface area contributed by atoms with Gasteiger partial charge in [-0.05, 0) is 19.1 Å². The molecular weight excluding hydrogens is 333 g/mol. The van der Waals surface area contributed by atoms with Crippen LogP contribution >= 0.6 is 0 Å². The van der Waals surface area contributed by atoms with Crippen LogP contribution in [0.25, 0.3) is 22.5 Å². The standard InChI is InChI=1S/C20H18FN3O2/c1-13-17(12-25-2)22-20(26-13)19-15-8-4-6-10-18(15)24(23-19)11-14-7-3-5-9-16(14)21/h3-10H,11-12H2,1-2H3. The van der Waals surface area contributed by atoms with E-state index in [0.29, 0.717) is 36.1 Å². The van der Waals surface area contributed by atoms with Gasteiger partial charge in [-0.2, -0.15) is 5.10 Å². The van der Waals surface area contributed by atoms with E-state index >= 15 is 0 Å². The first kappa shape index (κ1) is 16.5. The van der Waals surface area contributed by atoms with Crippen LogP contribution in [0.1, 0.15) is 17.0 Å². The van der Waals surface area contributed by atoms with Crippen LogP contribution in [0.15, 0.2) is 52.9 Å². The lowest BCUT2D eigenvalue weighted by Gasteiger charge is -2.04. The Kier molecular flexibility index (Phi) is 4.26. The van der Waals surface area contributed by atoms with Crippen LogP contribution in [0.2, 0.25) is 0 Å². The van der Waals surface area contributed by atoms with E-state index < -0.39 is 0 Å². The normalized spacial score (nSPS) is 11.3. The molecule has 0 aliphatic heterocycles. The Morgan fingerprint density at radius 2 is 1.88 bits per heavy atom. The Morgan fingerprint density at radius 3 is 2.69 bits per heavy atom. The summed E-state index contributed by atoms with van der Waals surface area (Å²) in [7, 11) is 1.62. The minimum absolute atomic E-state index is 0.247. The summed E-state index contributed by atoms with van der Waals surface area (Å²) >= 11 is 0. The molecule has 0 amide bonds. The molecule has 6 heteroatoms. The summed E-state index contributed by atoms with van der Waals surface area (Å²) in [6, 6.07) is 14.5. The minimum Gasteiger partial charge on any atom is -0.440 e. The van der Waals surface area contributed by atoms with Gasteiger partial charge in [0.05, 0.1) is 18.7 Å². The number of benzene rings is 2. The first-order chi connectivity index (χ1) is 12.7. The Bertz CT molecular complexity index is 1070. The molecule has 26 heavy (non-hydrogen) atoms. The highest BCUT2D eigenvalue weighted by Gasteiger charge is 2.19. The molecule has 0 radical (unpaired) electrons. The van der Waals surface area contributed by atoms with Crippen LogP contribution in [0.4, 0.5) is 4.39 Å². The van der Waals surface area contributed by atoms with Gasteiger partial charge in [-0.3, -0.25) is 4.68 Å². The molecule has 0 atom stereocenters. The Morgan fingerprint density at radius 1 is 1.12 bits per heavy atom. The van der Waals surface area contributed by atoms with Crippen molar-refractivity contribution in [3.8, 4) is 11.6 Å². The Hall–Kier alpha value is -2.99. The second-order valence-electron chi connectivity index (χ2n) is 6.07. The van der Waals surface area contributed by atoms with Gasteiger partial charge < -0.3 is 9.15 Å². The van der Waals surface area contributed by atoms with Gasteiger partial charge in [0.15, 0.2) is 5.69 Å². The van der Waals surface area contributed by atoms with Crippen molar-refractivity contribution < 1.29 is 13.5 Å². The first-order valence-electron chi connectivity index (χ1n) is 8.32. The van der Waals surface area contributed by atoms with E-state index in [4.69, 9.17) is 9.15 Å². The molecule has 4 rings (SSSR count). The molecule has 2 heterocycles. The zero-order valence-electron chi connectivity index (χ0n) is 14.6. The summed E-state index contributed by atoms with van der Waals surface area (Å²) in [5.74, 6) is 0.899. The Labute approximate surface area is 150 Å². The zero-order chi connectivity index (χ0) is 18.1. The monoisotopic (exact) mass is 351 g/mol. The molecule has 0 N–H and O–H groups in total. The highest BCUT2D eigenvalue weighted by atomic mass is 19.1. The number of aryl methyl sites for hydroxylation is 1. The van der Waals surface area contributed by atoms with E-state index in [-0.39, 0.29) is 5.82 Å². The SMILES string of the molecule is COCc1nc(-c2nn(Cc3ccccc3F)c3ccccc23)oc1C. The fourth-order valence-electron chi connectivity index (χ4n) is 2.99. The molecule has 0 aliphatic carbocycles. The fourth-order valence-corrected chi connectivity index (χ4v) is 2.99. The zero-order valence-corrected chi connectivity index (χ0v) is 14.6. The van der Waals surface area contributed by atoms with Gasteiger partial charge in [0.25, 0.3) is 0 Å². The molecule has 0 spiro atoms. The third kappa shape index (κ3) is 2.88. The maximum atomic E-state index is 14.1. The molecule has 4 aromatic rings. The number of nitrogens with zero attached hydrogens (tertiary/aromatic N) is 3. The lowest BCUT2D eigenvalue weighted by Crippen LogP contribution is -2.03. The van der Waals surface area contributed by atoms with Crippen molar-refractivity contribution in [2.24, 2.45) is 0 Å². The summed E-state index contributed by atoms with van der Waals surface area (Å²) in [5, 5.41) is 5.57. The van der Waals surface area contributed by atoms with Gasteiger partial charge in [0, 0.05) is 18.1 Å². The second kappa shape index (κ2) is 6.72. The molecule has 0 saturated heterocycles. The molecule has 0 bridgehead atoms. The highest BCUT2D eigenvalue weighted by molar-refractivity contribution is 5.91. The van der Waals surface area contributed by atoms with Crippen molar-refractivity contribution in [2.45, 2.75) is 20.1 Å². The average molecular weight is 351 g/mol. The Balaban J connectivity index is 1.82. The summed E-state index contributed by atoms with van der Waals surface area (Å²) < 4.78 is 26.8. The lowest BCUT2D eigenvalue weighted by atomic mass is 10.2. The third-order valence-electron chi connectivity index (χ3n) is 4.31.